The summed E-state index contributed by atoms with van der Waals surface area (Å²) in [5.41, 5.74) is 1.98. The van der Waals surface area contributed by atoms with Gasteiger partial charge in [0.25, 0.3) is 0 Å². The molecule has 4 aromatic rings. The molecule has 3 heterocycles. The molecule has 0 fully saturated rings. The molecule has 3 N–H and O–H groups in total. The number of pyridine rings is 1. The van der Waals surface area contributed by atoms with Gasteiger partial charge in [-0.25, -0.2) is 24.8 Å². The van der Waals surface area contributed by atoms with Gasteiger partial charge < -0.3 is 15.4 Å². The van der Waals surface area contributed by atoms with E-state index in [-0.39, 0.29) is 11.1 Å². The number of fused-ring (bicyclic) bond motifs is 1. The Morgan fingerprint density at radius 1 is 1.19 bits per heavy atom. The monoisotopic (exact) mass is 434 g/mol. The maximum absolute atomic E-state index is 11.7. The SMILES string of the molecule is COc1cc(-c2n[nH]c(=O)n2C)ccc1Nc1ncc2ccnc(NCC(C)(C)C)c2n1. The zero-order valence-corrected chi connectivity index (χ0v) is 18.7. The molecule has 3 aromatic heterocycles. The van der Waals surface area contributed by atoms with Crippen molar-refractivity contribution in [3.63, 3.8) is 0 Å². The lowest BCUT2D eigenvalue weighted by Gasteiger charge is -2.19. The number of ether oxygens (including phenoxy) is 1. The summed E-state index contributed by atoms with van der Waals surface area (Å²) in [5, 5.41) is 14.0. The largest absolute Gasteiger partial charge is 0.495 e. The van der Waals surface area contributed by atoms with Crippen LogP contribution in [0.5, 0.6) is 5.75 Å². The molecule has 32 heavy (non-hydrogen) atoms. The van der Waals surface area contributed by atoms with Crippen LogP contribution < -0.4 is 21.1 Å². The summed E-state index contributed by atoms with van der Waals surface area (Å²) in [5.74, 6) is 2.22. The van der Waals surface area contributed by atoms with Gasteiger partial charge in [-0.15, -0.1) is 0 Å². The second-order valence-electron chi connectivity index (χ2n) is 8.66. The van der Waals surface area contributed by atoms with Crippen molar-refractivity contribution in [1.29, 1.82) is 0 Å². The Balaban J connectivity index is 1.65. The summed E-state index contributed by atoms with van der Waals surface area (Å²) in [6.45, 7) is 7.23. The fraction of sp³-hybridized carbons (Fsp3) is 0.318. The Morgan fingerprint density at radius 3 is 2.69 bits per heavy atom. The van der Waals surface area contributed by atoms with E-state index < -0.39 is 0 Å². The van der Waals surface area contributed by atoms with Crippen LogP contribution in [-0.4, -0.2) is 43.4 Å². The van der Waals surface area contributed by atoms with Crippen LogP contribution in [0.4, 0.5) is 17.5 Å². The van der Waals surface area contributed by atoms with Gasteiger partial charge in [-0.3, -0.25) is 4.57 Å². The fourth-order valence-electron chi connectivity index (χ4n) is 3.15. The predicted octanol–water partition coefficient (Wildman–Crippen LogP) is 3.32. The van der Waals surface area contributed by atoms with Crippen LogP contribution in [0.2, 0.25) is 0 Å². The summed E-state index contributed by atoms with van der Waals surface area (Å²) < 4.78 is 6.98. The van der Waals surface area contributed by atoms with Crippen molar-refractivity contribution in [1.82, 2.24) is 29.7 Å². The van der Waals surface area contributed by atoms with Crippen molar-refractivity contribution in [2.45, 2.75) is 20.8 Å². The number of aromatic amines is 1. The van der Waals surface area contributed by atoms with Crippen molar-refractivity contribution in [3.05, 3.63) is 47.1 Å². The smallest absolute Gasteiger partial charge is 0.343 e. The van der Waals surface area contributed by atoms with Crippen molar-refractivity contribution in [3.8, 4) is 17.1 Å². The molecule has 0 saturated heterocycles. The number of H-pyrrole nitrogens is 1. The predicted molar refractivity (Wildman–Crippen MR) is 124 cm³/mol. The standard InChI is InChI=1S/C22H26N8O2/c1-22(2,3)12-25-18-17-14(8-9-23-18)11-24-20(27-17)26-15-7-6-13(10-16(15)32-5)19-28-29-21(31)30(19)4/h6-11H,12H2,1-5H3,(H,23,25)(H,29,31)(H,24,26,27). The van der Waals surface area contributed by atoms with Crippen LogP contribution in [0.15, 0.2) is 41.5 Å². The average molecular weight is 435 g/mol. The van der Waals surface area contributed by atoms with E-state index in [1.165, 1.54) is 4.57 Å². The van der Waals surface area contributed by atoms with Crippen LogP contribution in [0.1, 0.15) is 20.8 Å². The minimum atomic E-state index is -0.282. The number of nitrogens with zero attached hydrogens (tertiary/aromatic N) is 5. The summed E-state index contributed by atoms with van der Waals surface area (Å²) in [6, 6.07) is 7.37. The van der Waals surface area contributed by atoms with Crippen molar-refractivity contribution >= 4 is 28.4 Å². The Labute approximate surface area is 185 Å². The van der Waals surface area contributed by atoms with Gasteiger partial charge in [0.2, 0.25) is 5.95 Å². The summed E-state index contributed by atoms with van der Waals surface area (Å²) in [6.07, 6.45) is 3.50. The number of anilines is 3. The lowest BCUT2D eigenvalue weighted by molar-refractivity contribution is 0.417. The summed E-state index contributed by atoms with van der Waals surface area (Å²) in [7, 11) is 3.23. The number of aromatic nitrogens is 6. The molecule has 0 saturated carbocycles. The molecule has 0 spiro atoms. The van der Waals surface area contributed by atoms with Gasteiger partial charge in [0, 0.05) is 36.9 Å². The highest BCUT2D eigenvalue weighted by atomic mass is 16.5. The van der Waals surface area contributed by atoms with Crippen LogP contribution in [0, 0.1) is 5.41 Å². The number of hydrogen-bond donors (Lipinski definition) is 3. The Morgan fingerprint density at radius 2 is 2.00 bits per heavy atom. The van der Waals surface area contributed by atoms with Crippen LogP contribution >= 0.6 is 0 Å². The van der Waals surface area contributed by atoms with Crippen LogP contribution in [0.25, 0.3) is 22.3 Å². The van der Waals surface area contributed by atoms with Gasteiger partial charge in [-0.2, -0.15) is 5.10 Å². The summed E-state index contributed by atoms with van der Waals surface area (Å²) >= 11 is 0. The third kappa shape index (κ3) is 4.39. The third-order valence-corrected chi connectivity index (χ3v) is 4.87. The second-order valence-corrected chi connectivity index (χ2v) is 8.66. The molecule has 0 amide bonds. The first-order valence-corrected chi connectivity index (χ1v) is 10.2. The molecule has 166 valence electrons. The lowest BCUT2D eigenvalue weighted by atomic mass is 9.97. The highest BCUT2D eigenvalue weighted by molar-refractivity contribution is 5.88. The van der Waals surface area contributed by atoms with Crippen LogP contribution in [0.3, 0.4) is 0 Å². The van der Waals surface area contributed by atoms with Gasteiger partial charge in [-0.05, 0) is 29.7 Å². The molecule has 0 bridgehead atoms. The van der Waals surface area contributed by atoms with Gasteiger partial charge in [0.15, 0.2) is 11.6 Å². The first-order chi connectivity index (χ1) is 15.2. The van der Waals surface area contributed by atoms with E-state index in [1.54, 1.807) is 32.6 Å². The molecule has 10 nitrogen and oxygen atoms in total. The summed E-state index contributed by atoms with van der Waals surface area (Å²) in [4.78, 5) is 25.3. The van der Waals surface area contributed by atoms with Gasteiger partial charge >= 0.3 is 5.69 Å². The maximum atomic E-state index is 11.7. The van der Waals surface area contributed by atoms with E-state index in [1.807, 2.05) is 18.2 Å². The molecule has 0 atom stereocenters. The Bertz CT molecular complexity index is 1320. The quantitative estimate of drug-likeness (QED) is 0.422. The van der Waals surface area contributed by atoms with Crippen molar-refractivity contribution < 1.29 is 4.74 Å². The van der Waals surface area contributed by atoms with E-state index >= 15 is 0 Å². The molecule has 0 aliphatic carbocycles. The van der Waals surface area contributed by atoms with Crippen LogP contribution in [-0.2, 0) is 7.05 Å². The Kier molecular flexibility index (Phi) is 5.52. The molecular weight excluding hydrogens is 408 g/mol. The molecule has 0 unspecified atom stereocenters. The molecule has 0 aliphatic heterocycles. The second kappa shape index (κ2) is 8.29. The van der Waals surface area contributed by atoms with Gasteiger partial charge in [-0.1, -0.05) is 20.8 Å². The van der Waals surface area contributed by atoms with E-state index in [4.69, 9.17) is 4.74 Å². The number of methoxy groups -OCH3 is 1. The number of nitrogens with one attached hydrogen (secondary N) is 3. The van der Waals surface area contributed by atoms with Crippen molar-refractivity contribution in [2.24, 2.45) is 12.5 Å². The maximum Gasteiger partial charge on any atom is 0.343 e. The van der Waals surface area contributed by atoms with Gasteiger partial charge in [0.1, 0.15) is 11.3 Å². The highest BCUT2D eigenvalue weighted by Crippen LogP contribution is 2.31. The van der Waals surface area contributed by atoms with E-state index in [0.29, 0.717) is 29.0 Å². The molecule has 0 radical (unpaired) electrons. The molecule has 0 aliphatic rings. The average Bonchev–Trinajstić information content (AvgIpc) is 3.10. The van der Waals surface area contributed by atoms with E-state index in [2.05, 4.69) is 56.6 Å². The van der Waals surface area contributed by atoms with Crippen molar-refractivity contribution in [2.75, 3.05) is 24.3 Å². The minimum Gasteiger partial charge on any atom is -0.495 e. The third-order valence-electron chi connectivity index (χ3n) is 4.87. The zero-order chi connectivity index (χ0) is 22.9. The molecule has 10 heteroatoms. The topological polar surface area (TPSA) is 123 Å². The first-order valence-electron chi connectivity index (χ1n) is 10.2. The highest BCUT2D eigenvalue weighted by Gasteiger charge is 2.14. The van der Waals surface area contributed by atoms with E-state index in [0.717, 1.165) is 23.0 Å². The molecule has 1 aromatic carbocycles. The minimum absolute atomic E-state index is 0.102. The molecule has 4 rings (SSSR count). The van der Waals surface area contributed by atoms with Gasteiger partial charge in [0.05, 0.1) is 12.8 Å². The number of benzene rings is 1. The lowest BCUT2D eigenvalue weighted by Crippen LogP contribution is -2.19. The zero-order valence-electron chi connectivity index (χ0n) is 18.7. The van der Waals surface area contributed by atoms with E-state index in [9.17, 15) is 4.79 Å². The Hall–Kier alpha value is -3.95. The number of hydrogen-bond acceptors (Lipinski definition) is 8. The molecular formula is C22H26N8O2. The normalized spacial score (nSPS) is 11.5. The number of rotatable bonds is 6. The fourth-order valence-corrected chi connectivity index (χ4v) is 3.15. The first kappa shape index (κ1) is 21.3.